The summed E-state index contributed by atoms with van der Waals surface area (Å²) in [6, 6.07) is 1.80. The van der Waals surface area contributed by atoms with Crippen molar-refractivity contribution in [3.63, 3.8) is 0 Å². The predicted octanol–water partition coefficient (Wildman–Crippen LogP) is -0.919. The fraction of sp³-hybridized carbons (Fsp3) is 0.600. The van der Waals surface area contributed by atoms with Gasteiger partial charge in [-0.15, -0.1) is 0 Å². The van der Waals surface area contributed by atoms with Gasteiger partial charge < -0.3 is 20.1 Å². The molecule has 0 unspecified atom stereocenters. The standard InChI is InChI=1S/C10H17N3O3/c1-13(4-5-14)8-9(7-11)10(15)12-3-6-16-2/h8,14H,3-6H2,1-2H3,(H,12,15)/b9-8-. The number of hydrogen-bond donors (Lipinski definition) is 2. The Kier molecular flexibility index (Phi) is 7.85. The normalized spacial score (nSPS) is 10.8. The van der Waals surface area contributed by atoms with Crippen molar-refractivity contribution >= 4 is 5.91 Å². The van der Waals surface area contributed by atoms with Gasteiger partial charge in [0.1, 0.15) is 11.6 Å². The largest absolute Gasteiger partial charge is 0.395 e. The third kappa shape index (κ3) is 6.01. The lowest BCUT2D eigenvalue weighted by Crippen LogP contribution is -2.29. The molecule has 0 aromatic rings. The molecule has 6 heteroatoms. The Balaban J connectivity index is 4.26. The first kappa shape index (κ1) is 14.4. The molecule has 0 aromatic carbocycles. The molecule has 90 valence electrons. The molecule has 0 aliphatic rings. The van der Waals surface area contributed by atoms with E-state index in [0.29, 0.717) is 19.7 Å². The molecule has 0 spiro atoms. The molecule has 0 saturated heterocycles. The molecular weight excluding hydrogens is 210 g/mol. The van der Waals surface area contributed by atoms with Gasteiger partial charge >= 0.3 is 0 Å². The minimum absolute atomic E-state index is 0.00653. The summed E-state index contributed by atoms with van der Waals surface area (Å²) in [6.07, 6.45) is 1.40. The number of ether oxygens (including phenoxy) is 1. The number of likely N-dealkylation sites (N-methyl/N-ethyl adjacent to an activating group) is 1. The summed E-state index contributed by atoms with van der Waals surface area (Å²) in [6.45, 7) is 1.10. The zero-order valence-corrected chi connectivity index (χ0v) is 9.56. The molecule has 0 heterocycles. The molecule has 0 rings (SSSR count). The number of nitriles is 1. The van der Waals surface area contributed by atoms with Gasteiger partial charge in [-0.1, -0.05) is 0 Å². The maximum absolute atomic E-state index is 11.4. The van der Waals surface area contributed by atoms with Crippen molar-refractivity contribution in [2.75, 3.05) is 40.5 Å². The topological polar surface area (TPSA) is 85.6 Å². The lowest BCUT2D eigenvalue weighted by atomic mass is 10.3. The smallest absolute Gasteiger partial charge is 0.263 e. The van der Waals surface area contributed by atoms with Crippen molar-refractivity contribution in [1.82, 2.24) is 10.2 Å². The van der Waals surface area contributed by atoms with E-state index in [1.165, 1.54) is 13.3 Å². The van der Waals surface area contributed by atoms with E-state index in [0.717, 1.165) is 0 Å². The van der Waals surface area contributed by atoms with Gasteiger partial charge in [0.25, 0.3) is 5.91 Å². The fourth-order valence-electron chi connectivity index (χ4n) is 0.943. The van der Waals surface area contributed by atoms with Crippen LogP contribution in [0.25, 0.3) is 0 Å². The minimum Gasteiger partial charge on any atom is -0.395 e. The third-order valence-electron chi connectivity index (χ3n) is 1.76. The van der Waals surface area contributed by atoms with Gasteiger partial charge in [-0.3, -0.25) is 4.79 Å². The molecule has 0 saturated carbocycles. The predicted molar refractivity (Wildman–Crippen MR) is 58.3 cm³/mol. The maximum Gasteiger partial charge on any atom is 0.263 e. The second-order valence-electron chi connectivity index (χ2n) is 3.11. The molecule has 0 radical (unpaired) electrons. The Morgan fingerprint density at radius 1 is 1.69 bits per heavy atom. The number of rotatable bonds is 7. The molecule has 2 N–H and O–H groups in total. The highest BCUT2D eigenvalue weighted by Crippen LogP contribution is 1.95. The van der Waals surface area contributed by atoms with Crippen molar-refractivity contribution in [2.24, 2.45) is 0 Å². The van der Waals surface area contributed by atoms with Crippen LogP contribution in [0.3, 0.4) is 0 Å². The van der Waals surface area contributed by atoms with Gasteiger partial charge in [0.05, 0.1) is 13.2 Å². The van der Waals surface area contributed by atoms with Crippen LogP contribution >= 0.6 is 0 Å². The van der Waals surface area contributed by atoms with Crippen LogP contribution in [-0.4, -0.2) is 56.4 Å². The van der Waals surface area contributed by atoms with E-state index >= 15 is 0 Å². The van der Waals surface area contributed by atoms with Crippen LogP contribution in [-0.2, 0) is 9.53 Å². The molecule has 0 aromatic heterocycles. The highest BCUT2D eigenvalue weighted by Gasteiger charge is 2.08. The lowest BCUT2D eigenvalue weighted by molar-refractivity contribution is -0.117. The average Bonchev–Trinajstić information content (AvgIpc) is 2.26. The van der Waals surface area contributed by atoms with Crippen molar-refractivity contribution < 1.29 is 14.6 Å². The molecule has 1 amide bonds. The van der Waals surface area contributed by atoms with Gasteiger partial charge in [0.15, 0.2) is 0 Å². The van der Waals surface area contributed by atoms with Crippen molar-refractivity contribution in [3.05, 3.63) is 11.8 Å². The second-order valence-corrected chi connectivity index (χ2v) is 3.11. The highest BCUT2D eigenvalue weighted by molar-refractivity contribution is 5.97. The first-order valence-corrected chi connectivity index (χ1v) is 4.85. The molecule has 0 fully saturated rings. The Bertz CT molecular complexity index is 284. The maximum atomic E-state index is 11.4. The van der Waals surface area contributed by atoms with Gasteiger partial charge in [-0.05, 0) is 0 Å². The number of nitrogens with one attached hydrogen (secondary N) is 1. The van der Waals surface area contributed by atoms with Crippen molar-refractivity contribution in [1.29, 1.82) is 5.26 Å². The third-order valence-corrected chi connectivity index (χ3v) is 1.76. The van der Waals surface area contributed by atoms with Crippen LogP contribution in [0.2, 0.25) is 0 Å². The number of methoxy groups -OCH3 is 1. The zero-order chi connectivity index (χ0) is 12.4. The first-order chi connectivity index (χ1) is 7.65. The molecule has 0 aliphatic heterocycles. The van der Waals surface area contributed by atoms with Crippen LogP contribution < -0.4 is 5.32 Å². The van der Waals surface area contributed by atoms with E-state index in [9.17, 15) is 4.79 Å². The Morgan fingerprint density at radius 2 is 2.38 bits per heavy atom. The summed E-state index contributed by atoms with van der Waals surface area (Å²) >= 11 is 0. The molecule has 0 atom stereocenters. The molecule has 0 bridgehead atoms. The van der Waals surface area contributed by atoms with Crippen LogP contribution in [0, 0.1) is 11.3 Å². The summed E-state index contributed by atoms with van der Waals surface area (Å²) in [5.74, 6) is -0.440. The molecule has 0 aliphatic carbocycles. The number of hydrogen-bond acceptors (Lipinski definition) is 5. The van der Waals surface area contributed by atoms with Gasteiger partial charge in [-0.2, -0.15) is 5.26 Å². The van der Waals surface area contributed by atoms with Crippen LogP contribution in [0.4, 0.5) is 0 Å². The summed E-state index contributed by atoms with van der Waals surface area (Å²) < 4.78 is 4.76. The molecular formula is C10H17N3O3. The molecule has 6 nitrogen and oxygen atoms in total. The quantitative estimate of drug-likeness (QED) is 0.334. The lowest BCUT2D eigenvalue weighted by Gasteiger charge is -2.12. The van der Waals surface area contributed by atoms with Crippen molar-refractivity contribution in [3.8, 4) is 6.07 Å². The van der Waals surface area contributed by atoms with E-state index < -0.39 is 5.91 Å². The highest BCUT2D eigenvalue weighted by atomic mass is 16.5. The van der Waals surface area contributed by atoms with Crippen LogP contribution in [0.1, 0.15) is 0 Å². The van der Waals surface area contributed by atoms with Crippen LogP contribution in [0.5, 0.6) is 0 Å². The Hall–Kier alpha value is -1.58. The number of carbonyl (C=O) groups excluding carboxylic acids is 1. The van der Waals surface area contributed by atoms with Gasteiger partial charge in [0, 0.05) is 33.4 Å². The summed E-state index contributed by atoms with van der Waals surface area (Å²) in [5.41, 5.74) is 0.00653. The molecule has 16 heavy (non-hydrogen) atoms. The zero-order valence-electron chi connectivity index (χ0n) is 9.56. The van der Waals surface area contributed by atoms with E-state index in [4.69, 9.17) is 15.1 Å². The van der Waals surface area contributed by atoms with Crippen molar-refractivity contribution in [2.45, 2.75) is 0 Å². The monoisotopic (exact) mass is 227 g/mol. The first-order valence-electron chi connectivity index (χ1n) is 4.85. The summed E-state index contributed by atoms with van der Waals surface area (Å²) in [4.78, 5) is 13.0. The number of amides is 1. The summed E-state index contributed by atoms with van der Waals surface area (Å²) in [7, 11) is 3.21. The number of aliphatic hydroxyl groups is 1. The number of carbonyl (C=O) groups is 1. The van der Waals surface area contributed by atoms with Crippen LogP contribution in [0.15, 0.2) is 11.8 Å². The number of aliphatic hydroxyl groups excluding tert-OH is 1. The van der Waals surface area contributed by atoms with E-state index in [1.54, 1.807) is 18.0 Å². The van der Waals surface area contributed by atoms with E-state index in [2.05, 4.69) is 5.32 Å². The number of nitrogens with zero attached hydrogens (tertiary/aromatic N) is 2. The minimum atomic E-state index is -0.440. The Labute approximate surface area is 95.1 Å². The Morgan fingerprint density at radius 3 is 2.88 bits per heavy atom. The fourth-order valence-corrected chi connectivity index (χ4v) is 0.943. The van der Waals surface area contributed by atoms with E-state index in [1.807, 2.05) is 0 Å². The SMILES string of the molecule is COCCNC(=O)/C(C#N)=C\N(C)CCO. The van der Waals surface area contributed by atoms with E-state index in [-0.39, 0.29) is 12.2 Å². The second kappa shape index (κ2) is 8.71. The summed E-state index contributed by atoms with van der Waals surface area (Å²) in [5, 5.41) is 20.0. The van der Waals surface area contributed by atoms with Gasteiger partial charge in [-0.25, -0.2) is 0 Å². The average molecular weight is 227 g/mol. The van der Waals surface area contributed by atoms with Gasteiger partial charge in [0.2, 0.25) is 0 Å².